The van der Waals surface area contributed by atoms with Gasteiger partial charge in [-0.05, 0) is 0 Å². The van der Waals surface area contributed by atoms with Crippen LogP contribution < -0.4 is 4.46 Å². The SMILES string of the molecule is CC(c1ccccc1)N1OC[C@@H]([Se]c2ccccc2)[C@@H]1c1ccccc1. The summed E-state index contributed by atoms with van der Waals surface area (Å²) in [5.74, 6) is 0. The minimum atomic E-state index is 0.220. The summed E-state index contributed by atoms with van der Waals surface area (Å²) in [7, 11) is 0. The van der Waals surface area contributed by atoms with E-state index >= 15 is 0 Å². The summed E-state index contributed by atoms with van der Waals surface area (Å²) in [5.41, 5.74) is 2.64. The zero-order valence-electron chi connectivity index (χ0n) is 14.9. The van der Waals surface area contributed by atoms with Crippen LogP contribution in [0.5, 0.6) is 0 Å². The first-order valence-corrected chi connectivity index (χ1v) is 10.9. The Morgan fingerprint density at radius 2 is 1.42 bits per heavy atom. The molecule has 0 bridgehead atoms. The van der Waals surface area contributed by atoms with Crippen LogP contribution in [0, 0.1) is 0 Å². The van der Waals surface area contributed by atoms with E-state index in [0.717, 1.165) is 6.61 Å². The van der Waals surface area contributed by atoms with Crippen molar-refractivity contribution >= 4 is 19.4 Å². The fourth-order valence-electron chi connectivity index (χ4n) is 3.51. The zero-order valence-corrected chi connectivity index (χ0v) is 16.6. The molecule has 0 saturated carbocycles. The van der Waals surface area contributed by atoms with Crippen molar-refractivity contribution in [2.45, 2.75) is 23.8 Å². The zero-order chi connectivity index (χ0) is 17.8. The Hall–Kier alpha value is -1.90. The third-order valence-corrected chi connectivity index (χ3v) is 7.45. The van der Waals surface area contributed by atoms with Crippen LogP contribution in [0.1, 0.15) is 30.1 Å². The second-order valence-electron chi connectivity index (χ2n) is 6.57. The third-order valence-electron chi connectivity index (χ3n) is 4.85. The molecular weight excluding hydrogens is 385 g/mol. The van der Waals surface area contributed by atoms with Crippen LogP contribution >= 0.6 is 0 Å². The van der Waals surface area contributed by atoms with E-state index in [1.165, 1.54) is 15.6 Å². The van der Waals surface area contributed by atoms with Crippen LogP contribution in [0.2, 0.25) is 4.82 Å². The van der Waals surface area contributed by atoms with Crippen molar-refractivity contribution in [1.82, 2.24) is 5.06 Å². The van der Waals surface area contributed by atoms with Crippen LogP contribution in [0.25, 0.3) is 0 Å². The Labute approximate surface area is 161 Å². The maximum absolute atomic E-state index is 6.27. The van der Waals surface area contributed by atoms with Crippen LogP contribution in [-0.2, 0) is 4.84 Å². The Morgan fingerprint density at radius 1 is 0.846 bits per heavy atom. The van der Waals surface area contributed by atoms with Crippen molar-refractivity contribution in [2.24, 2.45) is 0 Å². The van der Waals surface area contributed by atoms with Crippen molar-refractivity contribution in [1.29, 1.82) is 0 Å². The minimum absolute atomic E-state index is 0.220. The summed E-state index contributed by atoms with van der Waals surface area (Å²) in [6.07, 6.45) is 0. The third kappa shape index (κ3) is 3.77. The number of hydrogen-bond donors (Lipinski definition) is 0. The van der Waals surface area contributed by atoms with Gasteiger partial charge >= 0.3 is 162 Å². The van der Waals surface area contributed by atoms with Gasteiger partial charge in [-0.1, -0.05) is 0 Å². The van der Waals surface area contributed by atoms with E-state index in [2.05, 4.69) is 103 Å². The van der Waals surface area contributed by atoms with Crippen molar-refractivity contribution in [3.63, 3.8) is 0 Å². The molecule has 1 saturated heterocycles. The number of hydroxylamine groups is 2. The molecule has 0 amide bonds. The van der Waals surface area contributed by atoms with Gasteiger partial charge in [-0.25, -0.2) is 0 Å². The molecule has 0 radical (unpaired) electrons. The molecule has 132 valence electrons. The van der Waals surface area contributed by atoms with Gasteiger partial charge in [0.25, 0.3) is 0 Å². The molecule has 26 heavy (non-hydrogen) atoms. The molecule has 4 rings (SSSR count). The molecule has 2 nitrogen and oxygen atoms in total. The normalized spacial score (nSPS) is 21.6. The Morgan fingerprint density at radius 3 is 2.08 bits per heavy atom. The van der Waals surface area contributed by atoms with Crippen molar-refractivity contribution in [2.75, 3.05) is 6.61 Å². The first-order valence-electron chi connectivity index (χ1n) is 9.06. The molecule has 3 aromatic carbocycles. The van der Waals surface area contributed by atoms with Crippen LogP contribution in [0.3, 0.4) is 0 Å². The monoisotopic (exact) mass is 409 g/mol. The molecule has 1 fully saturated rings. The molecule has 1 aliphatic heterocycles. The van der Waals surface area contributed by atoms with Crippen LogP contribution in [0.15, 0.2) is 91.0 Å². The van der Waals surface area contributed by atoms with Gasteiger partial charge in [0.05, 0.1) is 0 Å². The number of rotatable bonds is 5. The molecular formula is C23H23NOSe. The Balaban J connectivity index is 1.64. The van der Waals surface area contributed by atoms with Gasteiger partial charge in [-0.2, -0.15) is 0 Å². The average Bonchev–Trinajstić information content (AvgIpc) is 3.13. The quantitative estimate of drug-likeness (QED) is 0.574. The molecule has 1 aliphatic rings. The average molecular weight is 408 g/mol. The number of nitrogens with zero attached hydrogens (tertiary/aromatic N) is 1. The molecule has 3 heteroatoms. The molecule has 0 aliphatic carbocycles. The van der Waals surface area contributed by atoms with Crippen LogP contribution in [-0.4, -0.2) is 26.6 Å². The molecule has 1 unspecified atom stereocenters. The van der Waals surface area contributed by atoms with Gasteiger partial charge in [-0.3, -0.25) is 0 Å². The summed E-state index contributed by atoms with van der Waals surface area (Å²) in [6, 6.07) is 32.8. The summed E-state index contributed by atoms with van der Waals surface area (Å²) in [6.45, 7) is 3.02. The van der Waals surface area contributed by atoms with Crippen molar-refractivity contribution in [3.05, 3.63) is 102 Å². The molecule has 3 aromatic rings. The second-order valence-corrected chi connectivity index (χ2v) is 9.32. The first-order chi connectivity index (χ1) is 12.8. The van der Waals surface area contributed by atoms with E-state index in [0.29, 0.717) is 19.8 Å². The first kappa shape index (κ1) is 17.5. The molecule has 1 heterocycles. The fourth-order valence-corrected chi connectivity index (χ4v) is 6.03. The number of hydrogen-bond acceptors (Lipinski definition) is 2. The van der Waals surface area contributed by atoms with E-state index in [1.54, 1.807) is 0 Å². The summed E-state index contributed by atoms with van der Waals surface area (Å²) >= 11 is 0.368. The van der Waals surface area contributed by atoms with Crippen LogP contribution in [0.4, 0.5) is 0 Å². The van der Waals surface area contributed by atoms with Crippen molar-refractivity contribution < 1.29 is 4.84 Å². The fraction of sp³-hybridized carbons (Fsp3) is 0.217. The summed E-state index contributed by atoms with van der Waals surface area (Å²) in [5, 5.41) is 2.22. The Bertz CT molecular complexity index is 809. The summed E-state index contributed by atoms with van der Waals surface area (Å²) < 4.78 is 1.43. The molecule has 0 aromatic heterocycles. The predicted octanol–water partition coefficient (Wildman–Crippen LogP) is 4.55. The van der Waals surface area contributed by atoms with Gasteiger partial charge in [-0.15, -0.1) is 0 Å². The van der Waals surface area contributed by atoms with E-state index < -0.39 is 0 Å². The Kier molecular flexibility index (Phi) is 5.52. The van der Waals surface area contributed by atoms with Gasteiger partial charge in [0, 0.05) is 0 Å². The van der Waals surface area contributed by atoms with Gasteiger partial charge in [0.2, 0.25) is 0 Å². The van der Waals surface area contributed by atoms with Gasteiger partial charge in [0.1, 0.15) is 0 Å². The molecule has 0 spiro atoms. The maximum atomic E-state index is 6.27. The standard InChI is InChI=1S/C23H23NOSe/c1-18(19-11-5-2-6-12-19)24-23(20-13-7-3-8-14-20)22(17-25-24)26-21-15-9-4-10-16-21/h2-16,18,22-23H,17H2,1H3/t18?,22-,23+/m1/s1. The predicted molar refractivity (Wildman–Crippen MR) is 107 cm³/mol. The van der Waals surface area contributed by atoms with E-state index in [9.17, 15) is 0 Å². The van der Waals surface area contributed by atoms with Gasteiger partial charge < -0.3 is 0 Å². The molecule has 3 atom stereocenters. The summed E-state index contributed by atoms with van der Waals surface area (Å²) in [4.78, 5) is 6.77. The van der Waals surface area contributed by atoms with E-state index in [1.807, 2.05) is 0 Å². The second kappa shape index (κ2) is 8.20. The van der Waals surface area contributed by atoms with E-state index in [4.69, 9.17) is 4.84 Å². The van der Waals surface area contributed by atoms with Crippen molar-refractivity contribution in [3.8, 4) is 0 Å². The topological polar surface area (TPSA) is 12.5 Å². The number of benzene rings is 3. The van der Waals surface area contributed by atoms with E-state index in [-0.39, 0.29) is 12.1 Å². The molecule has 0 N–H and O–H groups in total. The van der Waals surface area contributed by atoms with Gasteiger partial charge in [0.15, 0.2) is 0 Å².